The summed E-state index contributed by atoms with van der Waals surface area (Å²) >= 11 is 0. The van der Waals surface area contributed by atoms with Crippen molar-refractivity contribution in [2.24, 2.45) is 5.92 Å². The van der Waals surface area contributed by atoms with Gasteiger partial charge >= 0.3 is 11.9 Å². The molecule has 0 aromatic heterocycles. The highest BCUT2D eigenvalue weighted by molar-refractivity contribution is 5.79. The van der Waals surface area contributed by atoms with Crippen LogP contribution >= 0.6 is 0 Å². The number of carbonyl (C=O) groups is 2. The molecule has 13 heavy (non-hydrogen) atoms. The number of esters is 2. The maximum Gasteiger partial charge on any atom is 0.347 e. The topological polar surface area (TPSA) is 52.6 Å². The molecule has 0 saturated carbocycles. The zero-order chi connectivity index (χ0) is 10.4. The van der Waals surface area contributed by atoms with Gasteiger partial charge in [0.1, 0.15) is 0 Å². The van der Waals surface area contributed by atoms with Crippen molar-refractivity contribution in [1.29, 1.82) is 0 Å². The van der Waals surface area contributed by atoms with Gasteiger partial charge in [0.05, 0.1) is 13.0 Å². The lowest BCUT2D eigenvalue weighted by atomic mass is 10.2. The summed E-state index contributed by atoms with van der Waals surface area (Å²) in [5, 5.41) is 0. The Labute approximate surface area is 78.2 Å². The predicted octanol–water partition coefficient (Wildman–Crippen LogP) is 1.14. The van der Waals surface area contributed by atoms with E-state index in [1.165, 1.54) is 7.11 Å². The molecule has 0 radical (unpaired) electrons. The van der Waals surface area contributed by atoms with E-state index in [0.717, 1.165) is 0 Å². The van der Waals surface area contributed by atoms with Gasteiger partial charge in [0, 0.05) is 0 Å². The second kappa shape index (κ2) is 5.56. The summed E-state index contributed by atoms with van der Waals surface area (Å²) in [6.45, 7) is 5.19. The summed E-state index contributed by atoms with van der Waals surface area (Å²) in [4.78, 5) is 22.1. The van der Waals surface area contributed by atoms with E-state index >= 15 is 0 Å². The molecule has 0 N–H and O–H groups in total. The van der Waals surface area contributed by atoms with Crippen LogP contribution < -0.4 is 0 Å². The van der Waals surface area contributed by atoms with Gasteiger partial charge in [-0.15, -0.1) is 0 Å². The van der Waals surface area contributed by atoms with Gasteiger partial charge < -0.3 is 9.47 Å². The van der Waals surface area contributed by atoms with Crippen molar-refractivity contribution in [3.8, 4) is 0 Å². The Balaban J connectivity index is 4.13. The van der Waals surface area contributed by atoms with Crippen molar-refractivity contribution < 1.29 is 19.1 Å². The van der Waals surface area contributed by atoms with E-state index in [9.17, 15) is 9.59 Å². The summed E-state index contributed by atoms with van der Waals surface area (Å²) in [6, 6.07) is 0. The van der Waals surface area contributed by atoms with Crippen LogP contribution in [0.25, 0.3) is 0 Å². The van der Waals surface area contributed by atoms with Crippen molar-refractivity contribution in [2.45, 2.75) is 33.3 Å². The first-order valence-electron chi connectivity index (χ1n) is 4.31. The van der Waals surface area contributed by atoms with E-state index < -0.39 is 12.1 Å². The zero-order valence-corrected chi connectivity index (χ0v) is 8.49. The minimum atomic E-state index is -0.764. The van der Waals surface area contributed by atoms with E-state index in [4.69, 9.17) is 4.74 Å². The molecule has 0 saturated heterocycles. The molecular formula is C9H16O4. The van der Waals surface area contributed by atoms with Crippen molar-refractivity contribution in [1.82, 2.24) is 0 Å². The van der Waals surface area contributed by atoms with Crippen LogP contribution in [0.1, 0.15) is 27.2 Å². The summed E-state index contributed by atoms with van der Waals surface area (Å²) < 4.78 is 9.37. The Hall–Kier alpha value is -1.06. The Morgan fingerprint density at radius 1 is 1.23 bits per heavy atom. The third-order valence-corrected chi connectivity index (χ3v) is 1.56. The van der Waals surface area contributed by atoms with Gasteiger partial charge in [-0.05, 0) is 6.42 Å². The Kier molecular flexibility index (Phi) is 5.11. The fourth-order valence-corrected chi connectivity index (χ4v) is 0.706. The maximum absolute atomic E-state index is 11.1. The first kappa shape index (κ1) is 11.9. The molecule has 76 valence electrons. The van der Waals surface area contributed by atoms with Gasteiger partial charge in [-0.1, -0.05) is 20.8 Å². The largest absolute Gasteiger partial charge is 0.466 e. The number of ether oxygens (including phenoxy) is 2. The first-order valence-corrected chi connectivity index (χ1v) is 4.31. The van der Waals surface area contributed by atoms with Crippen molar-refractivity contribution in [2.75, 3.05) is 7.11 Å². The molecule has 0 aliphatic rings. The maximum atomic E-state index is 11.1. The molecule has 0 amide bonds. The highest BCUT2D eigenvalue weighted by Crippen LogP contribution is 2.05. The molecule has 0 bridgehead atoms. The number of carbonyl (C=O) groups excluding carboxylic acids is 2. The highest BCUT2D eigenvalue weighted by atomic mass is 16.6. The minimum Gasteiger partial charge on any atom is -0.466 e. The van der Waals surface area contributed by atoms with E-state index in [0.29, 0.717) is 6.42 Å². The van der Waals surface area contributed by atoms with Crippen LogP contribution in [0.15, 0.2) is 0 Å². The third-order valence-electron chi connectivity index (χ3n) is 1.56. The molecule has 0 aliphatic heterocycles. The van der Waals surface area contributed by atoms with Crippen LogP contribution in [0.2, 0.25) is 0 Å². The fraction of sp³-hybridized carbons (Fsp3) is 0.778. The van der Waals surface area contributed by atoms with E-state index in [-0.39, 0.29) is 11.9 Å². The van der Waals surface area contributed by atoms with E-state index in [2.05, 4.69) is 4.74 Å². The standard InChI is InChI=1S/C9H16O4/c1-5-7(9(11)12-4)13-8(10)6(2)3/h6-7H,5H2,1-4H3. The van der Waals surface area contributed by atoms with Gasteiger partial charge in [0.25, 0.3) is 0 Å². The molecule has 0 heterocycles. The zero-order valence-electron chi connectivity index (χ0n) is 8.49. The second-order valence-electron chi connectivity index (χ2n) is 3.01. The summed E-state index contributed by atoms with van der Waals surface area (Å²) in [5.74, 6) is -1.10. The van der Waals surface area contributed by atoms with Crippen LogP contribution in [0.4, 0.5) is 0 Å². The molecule has 0 aromatic rings. The number of hydrogen-bond acceptors (Lipinski definition) is 4. The van der Waals surface area contributed by atoms with Crippen LogP contribution in [0.3, 0.4) is 0 Å². The van der Waals surface area contributed by atoms with Gasteiger partial charge in [0.15, 0.2) is 6.10 Å². The van der Waals surface area contributed by atoms with Gasteiger partial charge in [0.2, 0.25) is 0 Å². The van der Waals surface area contributed by atoms with Crippen molar-refractivity contribution in [3.63, 3.8) is 0 Å². The monoisotopic (exact) mass is 188 g/mol. The summed E-state index contributed by atoms with van der Waals surface area (Å²) in [5.41, 5.74) is 0. The molecule has 4 heteroatoms. The number of rotatable bonds is 4. The van der Waals surface area contributed by atoms with Gasteiger partial charge in [-0.2, -0.15) is 0 Å². The molecular weight excluding hydrogens is 172 g/mol. The third kappa shape index (κ3) is 3.92. The summed E-state index contributed by atoms with van der Waals surface area (Å²) in [7, 11) is 1.27. The lowest BCUT2D eigenvalue weighted by molar-refractivity contribution is -0.168. The van der Waals surface area contributed by atoms with Crippen molar-refractivity contribution in [3.05, 3.63) is 0 Å². The van der Waals surface area contributed by atoms with Gasteiger partial charge in [-0.25, -0.2) is 4.79 Å². The van der Waals surface area contributed by atoms with E-state index in [1.54, 1.807) is 20.8 Å². The average molecular weight is 188 g/mol. The Morgan fingerprint density at radius 2 is 1.77 bits per heavy atom. The normalized spacial score (nSPS) is 12.4. The molecule has 0 aliphatic carbocycles. The fourth-order valence-electron chi connectivity index (χ4n) is 0.706. The van der Waals surface area contributed by atoms with Crippen LogP contribution in [-0.2, 0) is 19.1 Å². The van der Waals surface area contributed by atoms with Crippen LogP contribution in [0.5, 0.6) is 0 Å². The number of hydrogen-bond donors (Lipinski definition) is 0. The highest BCUT2D eigenvalue weighted by Gasteiger charge is 2.22. The van der Waals surface area contributed by atoms with Crippen LogP contribution in [0, 0.1) is 5.92 Å². The average Bonchev–Trinajstić information content (AvgIpc) is 2.12. The molecule has 0 rings (SSSR count). The quantitative estimate of drug-likeness (QED) is 0.621. The molecule has 1 unspecified atom stereocenters. The van der Waals surface area contributed by atoms with Gasteiger partial charge in [-0.3, -0.25) is 4.79 Å². The molecule has 0 spiro atoms. The first-order chi connectivity index (χ1) is 6.02. The predicted molar refractivity (Wildman–Crippen MR) is 47.0 cm³/mol. The molecule has 4 nitrogen and oxygen atoms in total. The van der Waals surface area contributed by atoms with Crippen LogP contribution in [-0.4, -0.2) is 25.2 Å². The molecule has 1 atom stereocenters. The number of methoxy groups -OCH3 is 1. The van der Waals surface area contributed by atoms with E-state index in [1.807, 2.05) is 0 Å². The molecule has 0 aromatic carbocycles. The molecule has 0 fully saturated rings. The SMILES string of the molecule is CCC(OC(=O)C(C)C)C(=O)OC. The minimum absolute atomic E-state index is 0.223. The lowest BCUT2D eigenvalue weighted by Crippen LogP contribution is -2.29. The summed E-state index contributed by atoms with van der Waals surface area (Å²) in [6.07, 6.45) is -0.328. The smallest absolute Gasteiger partial charge is 0.347 e. The Morgan fingerprint density at radius 3 is 2.08 bits per heavy atom. The van der Waals surface area contributed by atoms with Crippen molar-refractivity contribution >= 4 is 11.9 Å². The second-order valence-corrected chi connectivity index (χ2v) is 3.01. The Bertz CT molecular complexity index is 186. The lowest BCUT2D eigenvalue weighted by Gasteiger charge is -2.14.